The summed E-state index contributed by atoms with van der Waals surface area (Å²) in [7, 11) is 0. The van der Waals surface area contributed by atoms with Gasteiger partial charge in [0.1, 0.15) is 6.04 Å². The minimum atomic E-state index is -0.695. The second-order valence-electron chi connectivity index (χ2n) is 7.14. The number of nitrogens with zero attached hydrogens (tertiary/aromatic N) is 1. The van der Waals surface area contributed by atoms with E-state index in [0.29, 0.717) is 0 Å². The largest absolute Gasteiger partial charge is 0.391 e. The molecular weight excluding hydrogens is 270 g/mol. The summed E-state index contributed by atoms with van der Waals surface area (Å²) in [4.78, 5) is 26.2. The molecule has 0 aromatic heterocycles. The molecule has 0 bridgehead atoms. The Hall–Kier alpha value is -1.40. The lowest BCUT2D eigenvalue weighted by molar-refractivity contribution is -0.141. The highest BCUT2D eigenvalue weighted by atomic mass is 16.3. The number of carbonyl (C=O) groups excluding carboxylic acids is 2. The van der Waals surface area contributed by atoms with Gasteiger partial charge in [-0.05, 0) is 17.9 Å². The SMILES string of the molecule is CC1=CC1NC(=O)[C@@H]1C[C@@H](O)CN1C(=O)[C@@H](N)C(C)(C)C. The third-order valence-corrected chi connectivity index (χ3v) is 4.17. The van der Waals surface area contributed by atoms with Crippen LogP contribution in [-0.4, -0.2) is 52.6 Å². The maximum absolute atomic E-state index is 12.5. The molecule has 0 aromatic rings. The molecule has 118 valence electrons. The van der Waals surface area contributed by atoms with Gasteiger partial charge < -0.3 is 21.1 Å². The van der Waals surface area contributed by atoms with E-state index in [-0.39, 0.29) is 36.2 Å². The fourth-order valence-electron chi connectivity index (χ4n) is 2.47. The van der Waals surface area contributed by atoms with Gasteiger partial charge in [-0.15, -0.1) is 0 Å². The first kappa shape index (κ1) is 16.0. The number of β-amino-alcohol motifs (C(OH)–C–C–N with tert-alkyl or cyclic N) is 1. The molecule has 1 aliphatic heterocycles. The molecule has 6 nitrogen and oxygen atoms in total. The van der Waals surface area contributed by atoms with E-state index in [1.54, 1.807) is 0 Å². The van der Waals surface area contributed by atoms with Crippen LogP contribution < -0.4 is 11.1 Å². The van der Waals surface area contributed by atoms with Crippen molar-refractivity contribution < 1.29 is 14.7 Å². The number of aliphatic hydroxyl groups excluding tert-OH is 1. The van der Waals surface area contributed by atoms with Crippen LogP contribution in [0.5, 0.6) is 0 Å². The normalized spacial score (nSPS) is 29.9. The van der Waals surface area contributed by atoms with Crippen LogP contribution >= 0.6 is 0 Å². The van der Waals surface area contributed by atoms with Crippen molar-refractivity contribution in [2.24, 2.45) is 11.1 Å². The molecule has 1 saturated heterocycles. The number of carbonyl (C=O) groups is 2. The highest BCUT2D eigenvalue weighted by Gasteiger charge is 2.43. The molecule has 2 aliphatic rings. The quantitative estimate of drug-likeness (QED) is 0.627. The molecular formula is C15H25N3O3. The maximum Gasteiger partial charge on any atom is 0.243 e. The molecule has 21 heavy (non-hydrogen) atoms. The summed E-state index contributed by atoms with van der Waals surface area (Å²) in [5, 5.41) is 12.7. The number of nitrogens with one attached hydrogen (secondary N) is 1. The predicted octanol–water partition coefficient (Wildman–Crippen LogP) is -0.234. The Bertz CT molecular complexity index is 481. The Morgan fingerprint density at radius 2 is 2.05 bits per heavy atom. The Kier molecular flexibility index (Phi) is 4.13. The predicted molar refractivity (Wildman–Crippen MR) is 79.2 cm³/mol. The average molecular weight is 295 g/mol. The fourth-order valence-corrected chi connectivity index (χ4v) is 2.47. The third kappa shape index (κ3) is 3.44. The molecule has 0 aromatic carbocycles. The van der Waals surface area contributed by atoms with E-state index in [4.69, 9.17) is 5.73 Å². The van der Waals surface area contributed by atoms with E-state index >= 15 is 0 Å². The first-order valence-corrected chi connectivity index (χ1v) is 7.34. The van der Waals surface area contributed by atoms with Gasteiger partial charge in [0, 0.05) is 13.0 Å². The Balaban J connectivity index is 2.05. The van der Waals surface area contributed by atoms with Gasteiger partial charge in [0.05, 0.1) is 18.2 Å². The maximum atomic E-state index is 12.5. The number of hydrogen-bond donors (Lipinski definition) is 3. The van der Waals surface area contributed by atoms with Crippen molar-refractivity contribution in [3.63, 3.8) is 0 Å². The van der Waals surface area contributed by atoms with E-state index in [2.05, 4.69) is 5.32 Å². The summed E-state index contributed by atoms with van der Waals surface area (Å²) in [6.07, 6.45) is 1.53. The van der Waals surface area contributed by atoms with Gasteiger partial charge in [-0.1, -0.05) is 26.8 Å². The van der Waals surface area contributed by atoms with Gasteiger partial charge in [0.15, 0.2) is 0 Å². The van der Waals surface area contributed by atoms with Gasteiger partial charge in [-0.3, -0.25) is 9.59 Å². The zero-order chi connectivity index (χ0) is 15.9. The van der Waals surface area contributed by atoms with E-state index < -0.39 is 18.2 Å². The number of rotatable bonds is 3. The van der Waals surface area contributed by atoms with Crippen LogP contribution in [0, 0.1) is 5.41 Å². The summed E-state index contributed by atoms with van der Waals surface area (Å²) >= 11 is 0. The van der Waals surface area contributed by atoms with Crippen LogP contribution in [0.2, 0.25) is 0 Å². The fraction of sp³-hybridized carbons (Fsp3) is 0.733. The van der Waals surface area contributed by atoms with Crippen molar-refractivity contribution >= 4 is 11.8 Å². The van der Waals surface area contributed by atoms with Crippen LogP contribution in [0.25, 0.3) is 0 Å². The summed E-state index contributed by atoms with van der Waals surface area (Å²) < 4.78 is 0. The van der Waals surface area contributed by atoms with Gasteiger partial charge in [-0.25, -0.2) is 0 Å². The van der Waals surface area contributed by atoms with Crippen LogP contribution in [0.1, 0.15) is 34.1 Å². The number of likely N-dealkylation sites (tertiary alicyclic amines) is 1. The number of nitrogens with two attached hydrogens (primary N) is 1. The van der Waals surface area contributed by atoms with Crippen molar-refractivity contribution in [2.45, 2.75) is 58.3 Å². The molecule has 2 rings (SSSR count). The lowest BCUT2D eigenvalue weighted by Crippen LogP contribution is -2.55. The molecule has 0 spiro atoms. The van der Waals surface area contributed by atoms with Gasteiger partial charge in [0.2, 0.25) is 11.8 Å². The van der Waals surface area contributed by atoms with E-state index in [9.17, 15) is 14.7 Å². The van der Waals surface area contributed by atoms with Gasteiger partial charge >= 0.3 is 0 Å². The Morgan fingerprint density at radius 3 is 2.52 bits per heavy atom. The summed E-state index contributed by atoms with van der Waals surface area (Å²) in [6, 6.07) is -1.33. The van der Waals surface area contributed by atoms with Crippen molar-refractivity contribution in [3.8, 4) is 0 Å². The zero-order valence-electron chi connectivity index (χ0n) is 13.1. The molecule has 1 fully saturated rings. The summed E-state index contributed by atoms with van der Waals surface area (Å²) in [6.45, 7) is 7.75. The number of hydrogen-bond acceptors (Lipinski definition) is 4. The molecule has 4 atom stereocenters. The van der Waals surface area contributed by atoms with Crippen molar-refractivity contribution in [1.82, 2.24) is 10.2 Å². The molecule has 0 radical (unpaired) electrons. The molecule has 6 heteroatoms. The molecule has 1 heterocycles. The first-order chi connectivity index (χ1) is 9.61. The lowest BCUT2D eigenvalue weighted by atomic mass is 9.86. The monoisotopic (exact) mass is 295 g/mol. The third-order valence-electron chi connectivity index (χ3n) is 4.17. The van der Waals surface area contributed by atoms with Crippen LogP contribution in [0.3, 0.4) is 0 Å². The van der Waals surface area contributed by atoms with Crippen LogP contribution in [0.15, 0.2) is 11.6 Å². The molecule has 2 amide bonds. The summed E-state index contributed by atoms with van der Waals surface area (Å²) in [5.41, 5.74) is 6.73. The van der Waals surface area contributed by atoms with Gasteiger partial charge in [-0.2, -0.15) is 0 Å². The van der Waals surface area contributed by atoms with E-state index in [1.165, 1.54) is 4.90 Å². The Labute approximate surface area is 125 Å². The molecule has 1 aliphatic carbocycles. The number of amides is 2. The zero-order valence-corrected chi connectivity index (χ0v) is 13.1. The van der Waals surface area contributed by atoms with Crippen molar-refractivity contribution in [2.75, 3.05) is 6.54 Å². The van der Waals surface area contributed by atoms with Gasteiger partial charge in [0.25, 0.3) is 0 Å². The smallest absolute Gasteiger partial charge is 0.243 e. The number of aliphatic hydroxyl groups is 1. The lowest BCUT2D eigenvalue weighted by Gasteiger charge is -2.32. The van der Waals surface area contributed by atoms with Crippen LogP contribution in [-0.2, 0) is 9.59 Å². The first-order valence-electron chi connectivity index (χ1n) is 7.34. The molecule has 1 unspecified atom stereocenters. The average Bonchev–Trinajstić information content (AvgIpc) is 2.90. The summed E-state index contributed by atoms with van der Waals surface area (Å²) in [5.74, 6) is -0.501. The topological polar surface area (TPSA) is 95.7 Å². The minimum absolute atomic E-state index is 0.00323. The highest BCUT2D eigenvalue weighted by Crippen LogP contribution is 2.26. The second kappa shape index (κ2) is 5.42. The highest BCUT2D eigenvalue weighted by molar-refractivity contribution is 5.91. The van der Waals surface area contributed by atoms with Crippen molar-refractivity contribution in [1.29, 1.82) is 0 Å². The molecule has 4 N–H and O–H groups in total. The van der Waals surface area contributed by atoms with E-state index in [0.717, 1.165) is 5.57 Å². The van der Waals surface area contributed by atoms with E-state index in [1.807, 2.05) is 33.8 Å². The molecule has 0 saturated carbocycles. The van der Waals surface area contributed by atoms with Crippen molar-refractivity contribution in [3.05, 3.63) is 11.6 Å². The Morgan fingerprint density at radius 1 is 1.48 bits per heavy atom. The second-order valence-corrected chi connectivity index (χ2v) is 7.14. The minimum Gasteiger partial charge on any atom is -0.391 e. The standard InChI is InChI=1S/C15H25N3O3/c1-8-5-10(8)17-13(20)11-6-9(19)7-18(11)14(21)12(16)15(2,3)4/h5,9-12,19H,6-7,16H2,1-4H3,(H,17,20)/t9-,10?,11+,12-/m1/s1. The van der Waals surface area contributed by atoms with Crippen LogP contribution in [0.4, 0.5) is 0 Å².